The van der Waals surface area contributed by atoms with Gasteiger partial charge in [0.25, 0.3) is 5.91 Å². The Bertz CT molecular complexity index is 575. The minimum absolute atomic E-state index is 0.00429. The zero-order valence-corrected chi connectivity index (χ0v) is 12.3. The Balaban J connectivity index is 2.33. The van der Waals surface area contributed by atoms with E-state index in [0.717, 1.165) is 0 Å². The highest BCUT2D eigenvalue weighted by atomic mass is 35.5. The molecule has 0 saturated carbocycles. The molecule has 0 unspecified atom stereocenters. The Morgan fingerprint density at radius 1 is 1.48 bits per heavy atom. The van der Waals surface area contributed by atoms with E-state index in [1.165, 1.54) is 17.0 Å². The molecule has 0 aliphatic carbocycles. The number of hydrogen-bond donors (Lipinski definition) is 2. The molecule has 0 spiro atoms. The Morgan fingerprint density at radius 3 is 2.81 bits per heavy atom. The van der Waals surface area contributed by atoms with Gasteiger partial charge in [-0.3, -0.25) is 4.79 Å². The van der Waals surface area contributed by atoms with E-state index in [1.807, 2.05) is 0 Å². The van der Waals surface area contributed by atoms with E-state index in [4.69, 9.17) is 21.4 Å². The largest absolute Gasteiger partial charge is 0.503 e. The summed E-state index contributed by atoms with van der Waals surface area (Å²) in [4.78, 5) is 24.9. The fourth-order valence-corrected chi connectivity index (χ4v) is 2.61. The third-order valence-corrected chi connectivity index (χ3v) is 3.66. The van der Waals surface area contributed by atoms with Crippen molar-refractivity contribution in [1.29, 1.82) is 0 Å². The van der Waals surface area contributed by atoms with Crippen molar-refractivity contribution in [2.24, 2.45) is 0 Å². The second-order valence-electron chi connectivity index (χ2n) is 4.73. The van der Waals surface area contributed by atoms with E-state index < -0.39 is 17.9 Å². The Kier molecular flexibility index (Phi) is 4.57. The predicted molar refractivity (Wildman–Crippen MR) is 76.0 cm³/mol. The number of aromatic hydroxyl groups is 1. The molecule has 0 radical (unpaired) electrons. The number of carbonyl (C=O) groups excluding carboxylic acids is 1. The van der Waals surface area contributed by atoms with Crippen molar-refractivity contribution in [3.63, 3.8) is 0 Å². The van der Waals surface area contributed by atoms with Crippen LogP contribution in [0.15, 0.2) is 12.1 Å². The van der Waals surface area contributed by atoms with E-state index in [1.54, 1.807) is 6.92 Å². The molecule has 6 nitrogen and oxygen atoms in total. The molecule has 1 aromatic rings. The molecule has 1 atom stereocenters. The van der Waals surface area contributed by atoms with Crippen LogP contribution in [0.2, 0.25) is 5.02 Å². The maximum absolute atomic E-state index is 12.4. The average Bonchev–Trinajstić information content (AvgIpc) is 2.92. The molecule has 1 aromatic carbocycles. The van der Waals surface area contributed by atoms with Gasteiger partial charge in [-0.2, -0.15) is 0 Å². The summed E-state index contributed by atoms with van der Waals surface area (Å²) in [6.07, 6.45) is 1.08. The van der Waals surface area contributed by atoms with E-state index in [2.05, 4.69) is 0 Å². The van der Waals surface area contributed by atoms with Crippen molar-refractivity contribution in [2.75, 3.05) is 13.2 Å². The van der Waals surface area contributed by atoms with Crippen molar-refractivity contribution in [3.05, 3.63) is 22.7 Å². The third kappa shape index (κ3) is 3.05. The maximum Gasteiger partial charge on any atom is 0.326 e. The van der Waals surface area contributed by atoms with Crippen LogP contribution in [-0.4, -0.2) is 46.2 Å². The topological polar surface area (TPSA) is 87.1 Å². The average molecular weight is 314 g/mol. The zero-order chi connectivity index (χ0) is 15.6. The van der Waals surface area contributed by atoms with Crippen LogP contribution >= 0.6 is 11.6 Å². The van der Waals surface area contributed by atoms with Crippen molar-refractivity contribution in [2.45, 2.75) is 25.8 Å². The molecule has 0 aromatic heterocycles. The number of carbonyl (C=O) groups is 2. The fourth-order valence-electron chi connectivity index (χ4n) is 2.40. The third-order valence-electron chi connectivity index (χ3n) is 3.37. The summed E-state index contributed by atoms with van der Waals surface area (Å²) in [5.74, 6) is -1.57. The minimum Gasteiger partial charge on any atom is -0.503 e. The number of ether oxygens (including phenoxy) is 1. The number of aliphatic carboxylic acids is 1. The number of carboxylic acids is 1. The number of halogens is 1. The molecule has 0 bridgehead atoms. The van der Waals surface area contributed by atoms with Gasteiger partial charge in [0.2, 0.25) is 0 Å². The molecule has 1 aliphatic rings. The van der Waals surface area contributed by atoms with Gasteiger partial charge in [0.15, 0.2) is 11.5 Å². The van der Waals surface area contributed by atoms with Crippen LogP contribution in [0.25, 0.3) is 0 Å². The second-order valence-corrected chi connectivity index (χ2v) is 5.14. The monoisotopic (exact) mass is 313 g/mol. The summed E-state index contributed by atoms with van der Waals surface area (Å²) in [6, 6.07) is 1.88. The standard InChI is InChI=1S/C14H16ClNO5/c1-2-21-11-7-8(6-9(15)12(11)17)13(18)16-5-3-4-10(16)14(19)20/h6-7,10,17H,2-5H2,1H3,(H,19,20)/t10-/m1/s1. The summed E-state index contributed by atoms with van der Waals surface area (Å²) in [5.41, 5.74) is 0.203. The molecule has 2 N–H and O–H groups in total. The molecule has 2 rings (SSSR count). The molecular weight excluding hydrogens is 298 g/mol. The highest BCUT2D eigenvalue weighted by molar-refractivity contribution is 6.32. The molecule has 21 heavy (non-hydrogen) atoms. The van der Waals surface area contributed by atoms with Crippen LogP contribution < -0.4 is 4.74 Å². The van der Waals surface area contributed by atoms with Gasteiger partial charge in [-0.25, -0.2) is 4.79 Å². The summed E-state index contributed by atoms with van der Waals surface area (Å²) < 4.78 is 5.22. The smallest absolute Gasteiger partial charge is 0.326 e. The van der Waals surface area contributed by atoms with Gasteiger partial charge in [0.1, 0.15) is 6.04 Å². The minimum atomic E-state index is -1.02. The first kappa shape index (κ1) is 15.4. The Hall–Kier alpha value is -1.95. The van der Waals surface area contributed by atoms with E-state index in [-0.39, 0.29) is 22.1 Å². The lowest BCUT2D eigenvalue weighted by Crippen LogP contribution is -2.40. The second kappa shape index (κ2) is 6.22. The first-order valence-corrected chi connectivity index (χ1v) is 7.02. The number of carboxylic acid groups (broad SMARTS) is 1. The molecule has 1 amide bonds. The number of phenolic OH excluding ortho intramolecular Hbond substituents is 1. The van der Waals surface area contributed by atoms with Crippen LogP contribution in [0.3, 0.4) is 0 Å². The molecule has 1 saturated heterocycles. The molecule has 1 heterocycles. The number of likely N-dealkylation sites (tertiary alicyclic amines) is 1. The SMILES string of the molecule is CCOc1cc(C(=O)N2CCC[C@@H]2C(=O)O)cc(Cl)c1O. The fraction of sp³-hybridized carbons (Fsp3) is 0.429. The van der Waals surface area contributed by atoms with Crippen LogP contribution in [0.1, 0.15) is 30.1 Å². The molecule has 7 heteroatoms. The lowest BCUT2D eigenvalue weighted by Gasteiger charge is -2.22. The Labute approximate surface area is 126 Å². The van der Waals surface area contributed by atoms with Crippen molar-refractivity contribution in [1.82, 2.24) is 4.90 Å². The van der Waals surface area contributed by atoms with Crippen LogP contribution in [0.4, 0.5) is 0 Å². The Morgan fingerprint density at radius 2 is 2.19 bits per heavy atom. The lowest BCUT2D eigenvalue weighted by atomic mass is 10.1. The van der Waals surface area contributed by atoms with E-state index >= 15 is 0 Å². The van der Waals surface area contributed by atoms with Gasteiger partial charge in [0, 0.05) is 12.1 Å². The molecule has 1 fully saturated rings. The van der Waals surface area contributed by atoms with Gasteiger partial charge in [0.05, 0.1) is 11.6 Å². The van der Waals surface area contributed by atoms with Crippen molar-refractivity contribution < 1.29 is 24.5 Å². The number of benzene rings is 1. The zero-order valence-electron chi connectivity index (χ0n) is 11.5. The molecular formula is C14H16ClNO5. The lowest BCUT2D eigenvalue weighted by molar-refractivity contribution is -0.141. The van der Waals surface area contributed by atoms with Gasteiger partial charge >= 0.3 is 5.97 Å². The number of hydrogen-bond acceptors (Lipinski definition) is 4. The number of rotatable bonds is 4. The van der Waals surface area contributed by atoms with Gasteiger partial charge in [-0.15, -0.1) is 0 Å². The molecule has 1 aliphatic heterocycles. The van der Waals surface area contributed by atoms with Crippen LogP contribution in [-0.2, 0) is 4.79 Å². The normalized spacial score (nSPS) is 17.8. The van der Waals surface area contributed by atoms with Crippen molar-refractivity contribution in [3.8, 4) is 11.5 Å². The first-order chi connectivity index (χ1) is 9.95. The molecule has 114 valence electrons. The number of phenols is 1. The number of nitrogens with zero attached hydrogens (tertiary/aromatic N) is 1. The van der Waals surface area contributed by atoms with E-state index in [9.17, 15) is 14.7 Å². The highest BCUT2D eigenvalue weighted by Gasteiger charge is 2.34. The van der Waals surface area contributed by atoms with Gasteiger partial charge in [-0.1, -0.05) is 11.6 Å². The first-order valence-electron chi connectivity index (χ1n) is 6.64. The quantitative estimate of drug-likeness (QED) is 0.889. The van der Waals surface area contributed by atoms with Gasteiger partial charge in [-0.05, 0) is 31.9 Å². The number of amides is 1. The summed E-state index contributed by atoms with van der Waals surface area (Å²) in [7, 11) is 0. The van der Waals surface area contributed by atoms with E-state index in [0.29, 0.717) is 26.0 Å². The maximum atomic E-state index is 12.4. The van der Waals surface area contributed by atoms with Gasteiger partial charge < -0.3 is 19.8 Å². The summed E-state index contributed by atoms with van der Waals surface area (Å²) in [6.45, 7) is 2.43. The van der Waals surface area contributed by atoms with Crippen molar-refractivity contribution >= 4 is 23.5 Å². The summed E-state index contributed by atoms with van der Waals surface area (Å²) in [5, 5.41) is 18.9. The predicted octanol–water partition coefficient (Wildman–Crippen LogP) is 2.13. The summed E-state index contributed by atoms with van der Waals surface area (Å²) >= 11 is 5.89. The van der Waals surface area contributed by atoms with Crippen LogP contribution in [0, 0.1) is 0 Å². The highest BCUT2D eigenvalue weighted by Crippen LogP contribution is 2.36. The van der Waals surface area contributed by atoms with Crippen LogP contribution in [0.5, 0.6) is 11.5 Å².